The van der Waals surface area contributed by atoms with Crippen LogP contribution in [0.25, 0.3) is 0 Å². The molecule has 0 spiro atoms. The van der Waals surface area contributed by atoms with Crippen LogP contribution in [0.1, 0.15) is 16.7 Å². The van der Waals surface area contributed by atoms with Gasteiger partial charge in [-0.25, -0.2) is 4.99 Å². The van der Waals surface area contributed by atoms with Crippen molar-refractivity contribution in [1.82, 2.24) is 0 Å². The molecule has 118 valence electrons. The predicted octanol–water partition coefficient (Wildman–Crippen LogP) is 3.86. The summed E-state index contributed by atoms with van der Waals surface area (Å²) in [6.07, 6.45) is 0. The van der Waals surface area contributed by atoms with Gasteiger partial charge in [-0.2, -0.15) is 0 Å². The minimum absolute atomic E-state index is 0. The van der Waals surface area contributed by atoms with Crippen molar-refractivity contribution < 1.29 is 4.74 Å². The Morgan fingerprint density at radius 1 is 1.18 bits per heavy atom. The molecule has 0 amide bonds. The van der Waals surface area contributed by atoms with Crippen LogP contribution >= 0.6 is 24.0 Å². The molecule has 2 aromatic rings. The van der Waals surface area contributed by atoms with Gasteiger partial charge in [0.25, 0.3) is 0 Å². The van der Waals surface area contributed by atoms with E-state index in [1.165, 1.54) is 16.7 Å². The molecule has 0 saturated carbocycles. The monoisotopic (exact) mass is 411 g/mol. The Balaban J connectivity index is 0.00000242. The molecule has 22 heavy (non-hydrogen) atoms. The number of hydrogen-bond donors (Lipinski definition) is 2. The summed E-state index contributed by atoms with van der Waals surface area (Å²) in [6, 6.07) is 13.9. The summed E-state index contributed by atoms with van der Waals surface area (Å²) in [7, 11) is 1.64. The lowest BCUT2D eigenvalue weighted by molar-refractivity contribution is 0.415. The van der Waals surface area contributed by atoms with Gasteiger partial charge in [0.15, 0.2) is 5.96 Å². The van der Waals surface area contributed by atoms with Gasteiger partial charge in [0.1, 0.15) is 5.75 Å². The lowest BCUT2D eigenvalue weighted by Crippen LogP contribution is -2.22. The zero-order valence-electron chi connectivity index (χ0n) is 13.1. The summed E-state index contributed by atoms with van der Waals surface area (Å²) in [5.41, 5.74) is 10.4. The highest BCUT2D eigenvalue weighted by atomic mass is 127. The van der Waals surface area contributed by atoms with E-state index in [1.807, 2.05) is 24.3 Å². The summed E-state index contributed by atoms with van der Waals surface area (Å²) >= 11 is 0. The maximum atomic E-state index is 5.92. The first kappa shape index (κ1) is 18.3. The van der Waals surface area contributed by atoms with Crippen LogP contribution in [0, 0.1) is 13.8 Å². The van der Waals surface area contributed by atoms with E-state index in [4.69, 9.17) is 10.5 Å². The Morgan fingerprint density at radius 3 is 2.64 bits per heavy atom. The van der Waals surface area contributed by atoms with Gasteiger partial charge in [-0.1, -0.05) is 29.8 Å². The molecule has 4 nitrogen and oxygen atoms in total. The lowest BCUT2D eigenvalue weighted by Gasteiger charge is -2.08. The molecule has 3 N–H and O–H groups in total. The van der Waals surface area contributed by atoms with Crippen molar-refractivity contribution in [2.45, 2.75) is 20.4 Å². The van der Waals surface area contributed by atoms with E-state index >= 15 is 0 Å². The number of ether oxygens (including phenoxy) is 1. The Hall–Kier alpha value is -1.76. The number of halogens is 1. The molecule has 0 aromatic heterocycles. The van der Waals surface area contributed by atoms with Crippen LogP contribution in [0.5, 0.6) is 5.75 Å². The van der Waals surface area contributed by atoms with Gasteiger partial charge in [0.05, 0.1) is 13.7 Å². The van der Waals surface area contributed by atoms with E-state index in [-0.39, 0.29) is 24.0 Å². The molecule has 5 heteroatoms. The molecule has 0 aliphatic rings. The van der Waals surface area contributed by atoms with Crippen LogP contribution in [0.2, 0.25) is 0 Å². The number of aryl methyl sites for hydroxylation is 2. The highest BCUT2D eigenvalue weighted by molar-refractivity contribution is 14.0. The first-order chi connectivity index (χ1) is 10.1. The van der Waals surface area contributed by atoms with Crippen LogP contribution in [0.15, 0.2) is 47.5 Å². The highest BCUT2D eigenvalue weighted by Crippen LogP contribution is 2.16. The number of rotatable bonds is 4. The predicted molar refractivity (Wildman–Crippen MR) is 103 cm³/mol. The Kier molecular flexibility index (Phi) is 7.17. The average Bonchev–Trinajstić information content (AvgIpc) is 2.46. The molecule has 0 aliphatic carbocycles. The maximum absolute atomic E-state index is 5.92. The molecule has 0 aliphatic heterocycles. The van der Waals surface area contributed by atoms with Crippen molar-refractivity contribution in [3.63, 3.8) is 0 Å². The van der Waals surface area contributed by atoms with Gasteiger partial charge >= 0.3 is 0 Å². The fourth-order valence-corrected chi connectivity index (χ4v) is 2.08. The molecule has 2 rings (SSSR count). The van der Waals surface area contributed by atoms with Gasteiger partial charge in [-0.15, -0.1) is 24.0 Å². The quantitative estimate of drug-likeness (QED) is 0.457. The van der Waals surface area contributed by atoms with Crippen LogP contribution in [-0.2, 0) is 6.54 Å². The maximum Gasteiger partial charge on any atom is 0.193 e. The molecule has 0 bridgehead atoms. The van der Waals surface area contributed by atoms with Crippen LogP contribution in [0.3, 0.4) is 0 Å². The summed E-state index contributed by atoms with van der Waals surface area (Å²) < 4.78 is 5.17. The third-order valence-electron chi connectivity index (χ3n) is 3.26. The van der Waals surface area contributed by atoms with Gasteiger partial charge in [-0.3, -0.25) is 0 Å². The highest BCUT2D eigenvalue weighted by Gasteiger charge is 2.00. The lowest BCUT2D eigenvalue weighted by atomic mass is 10.1. The zero-order valence-corrected chi connectivity index (χ0v) is 15.4. The van der Waals surface area contributed by atoms with Crippen molar-refractivity contribution in [2.75, 3.05) is 12.4 Å². The SMILES string of the molecule is COc1cccc(NC(N)=NCc2ccc(C)cc2C)c1.I. The topological polar surface area (TPSA) is 59.6 Å². The zero-order chi connectivity index (χ0) is 15.2. The van der Waals surface area contributed by atoms with Gasteiger partial charge in [-0.05, 0) is 37.1 Å². The molecule has 0 fully saturated rings. The molecular formula is C17H22IN3O. The molecule has 0 radical (unpaired) electrons. The number of nitrogens with one attached hydrogen (secondary N) is 1. The normalized spacial score (nSPS) is 10.8. The van der Waals surface area contributed by atoms with E-state index in [0.717, 1.165) is 11.4 Å². The minimum Gasteiger partial charge on any atom is -0.497 e. The summed E-state index contributed by atoms with van der Waals surface area (Å²) in [4.78, 5) is 4.38. The number of hydrogen-bond acceptors (Lipinski definition) is 2. The number of anilines is 1. The molecular weight excluding hydrogens is 389 g/mol. The Labute approximate surface area is 148 Å². The van der Waals surface area contributed by atoms with E-state index in [2.05, 4.69) is 42.4 Å². The fourth-order valence-electron chi connectivity index (χ4n) is 2.08. The van der Waals surface area contributed by atoms with Crippen LogP contribution < -0.4 is 15.8 Å². The number of guanidine groups is 1. The summed E-state index contributed by atoms with van der Waals surface area (Å²) in [5, 5.41) is 3.07. The van der Waals surface area contributed by atoms with E-state index in [1.54, 1.807) is 7.11 Å². The van der Waals surface area contributed by atoms with E-state index in [9.17, 15) is 0 Å². The van der Waals surface area contributed by atoms with Crippen LogP contribution in [-0.4, -0.2) is 13.1 Å². The smallest absolute Gasteiger partial charge is 0.193 e. The summed E-state index contributed by atoms with van der Waals surface area (Å²) in [5.74, 6) is 1.17. The Bertz CT molecular complexity index is 656. The minimum atomic E-state index is 0. The third kappa shape index (κ3) is 5.22. The second kappa shape index (κ2) is 8.63. The number of methoxy groups -OCH3 is 1. The standard InChI is InChI=1S/C17H21N3O.HI/c1-12-7-8-14(13(2)9-12)11-19-17(18)20-15-5-4-6-16(10-15)21-3;/h4-10H,11H2,1-3H3,(H3,18,19,20);1H. The largest absolute Gasteiger partial charge is 0.497 e. The fraction of sp³-hybridized carbons (Fsp3) is 0.235. The van der Waals surface area contributed by atoms with Gasteiger partial charge in [0, 0.05) is 11.8 Å². The molecule has 0 unspecified atom stereocenters. The van der Waals surface area contributed by atoms with E-state index < -0.39 is 0 Å². The van der Waals surface area contributed by atoms with Gasteiger partial charge in [0.2, 0.25) is 0 Å². The van der Waals surface area contributed by atoms with Crippen molar-refractivity contribution in [2.24, 2.45) is 10.7 Å². The number of benzene rings is 2. The van der Waals surface area contributed by atoms with Crippen molar-refractivity contribution >= 4 is 35.6 Å². The number of aliphatic imine (C=N–C) groups is 1. The van der Waals surface area contributed by atoms with Crippen molar-refractivity contribution in [1.29, 1.82) is 0 Å². The molecule has 0 atom stereocenters. The second-order valence-electron chi connectivity index (χ2n) is 4.99. The first-order valence-electron chi connectivity index (χ1n) is 6.85. The molecule has 0 heterocycles. The second-order valence-corrected chi connectivity index (χ2v) is 4.99. The van der Waals surface area contributed by atoms with E-state index in [0.29, 0.717) is 12.5 Å². The molecule has 2 aromatic carbocycles. The van der Waals surface area contributed by atoms with Gasteiger partial charge < -0.3 is 15.8 Å². The number of nitrogens with zero attached hydrogens (tertiary/aromatic N) is 1. The van der Waals surface area contributed by atoms with Crippen molar-refractivity contribution in [3.8, 4) is 5.75 Å². The average molecular weight is 411 g/mol. The number of nitrogens with two attached hydrogens (primary N) is 1. The molecule has 0 saturated heterocycles. The summed E-state index contributed by atoms with van der Waals surface area (Å²) in [6.45, 7) is 4.73. The Morgan fingerprint density at radius 2 is 1.95 bits per heavy atom. The van der Waals surface area contributed by atoms with Crippen molar-refractivity contribution in [3.05, 3.63) is 59.2 Å². The van der Waals surface area contributed by atoms with Crippen LogP contribution in [0.4, 0.5) is 5.69 Å². The first-order valence-corrected chi connectivity index (χ1v) is 6.85. The third-order valence-corrected chi connectivity index (χ3v) is 3.26.